The van der Waals surface area contributed by atoms with Crippen molar-refractivity contribution in [3.8, 4) is 6.07 Å². The van der Waals surface area contributed by atoms with E-state index in [0.717, 1.165) is 5.56 Å². The molecule has 1 aromatic rings. The predicted octanol–water partition coefficient (Wildman–Crippen LogP) is 0.258. The molecule has 0 aliphatic rings. The standard InChI is InChI=1S/C8H7N.BH2O2/c9-7-6-8-4-2-1-3-5-8;2-1-3/h1-5H,6H2;2-3H. The lowest BCUT2D eigenvalue weighted by atomic mass is 10.2. The Morgan fingerprint density at radius 3 is 2.17 bits per heavy atom. The predicted molar refractivity (Wildman–Crippen MR) is 46.0 cm³/mol. The minimum atomic E-state index is 0. The first-order valence-corrected chi connectivity index (χ1v) is 3.36. The zero-order valence-electron chi connectivity index (χ0n) is 6.51. The zero-order chi connectivity index (χ0) is 9.23. The topological polar surface area (TPSA) is 64.2 Å². The summed E-state index contributed by atoms with van der Waals surface area (Å²) in [5, 5.41) is 22.3. The van der Waals surface area contributed by atoms with Crippen LogP contribution < -0.4 is 0 Å². The molecule has 1 aromatic carbocycles. The van der Waals surface area contributed by atoms with Gasteiger partial charge in [-0.2, -0.15) is 5.26 Å². The van der Waals surface area contributed by atoms with Gasteiger partial charge in [0.05, 0.1) is 12.5 Å². The van der Waals surface area contributed by atoms with E-state index >= 15 is 0 Å². The van der Waals surface area contributed by atoms with Crippen molar-refractivity contribution in [2.45, 2.75) is 6.42 Å². The first-order chi connectivity index (χ1) is 5.85. The molecule has 0 amide bonds. The van der Waals surface area contributed by atoms with Crippen LogP contribution in [-0.2, 0) is 6.42 Å². The van der Waals surface area contributed by atoms with Crippen molar-refractivity contribution in [1.82, 2.24) is 0 Å². The third-order valence-electron chi connectivity index (χ3n) is 1.13. The second-order valence-electron chi connectivity index (χ2n) is 1.94. The smallest absolute Gasteiger partial charge is 0.429 e. The number of hydrogen-bond donors (Lipinski definition) is 2. The SMILES string of the molecule is N#CCc1ccccc1.O[B]O. The molecular formula is C8H9BNO2. The van der Waals surface area contributed by atoms with Gasteiger partial charge in [0.2, 0.25) is 0 Å². The molecule has 0 aliphatic carbocycles. The van der Waals surface area contributed by atoms with Crippen LogP contribution in [-0.4, -0.2) is 17.7 Å². The van der Waals surface area contributed by atoms with E-state index in [9.17, 15) is 0 Å². The van der Waals surface area contributed by atoms with Crippen molar-refractivity contribution in [3.05, 3.63) is 35.9 Å². The molecular weight excluding hydrogens is 153 g/mol. The van der Waals surface area contributed by atoms with E-state index in [1.54, 1.807) is 0 Å². The Hall–Kier alpha value is -1.31. The average molecular weight is 162 g/mol. The van der Waals surface area contributed by atoms with Crippen molar-refractivity contribution < 1.29 is 10.0 Å². The van der Waals surface area contributed by atoms with Crippen molar-refractivity contribution in [2.24, 2.45) is 0 Å². The molecule has 4 heteroatoms. The van der Waals surface area contributed by atoms with Crippen LogP contribution in [0.3, 0.4) is 0 Å². The molecule has 0 atom stereocenters. The molecule has 1 radical (unpaired) electrons. The van der Waals surface area contributed by atoms with Crippen LogP contribution in [0.1, 0.15) is 5.56 Å². The maximum Gasteiger partial charge on any atom is 0.482 e. The molecule has 2 N–H and O–H groups in total. The summed E-state index contributed by atoms with van der Waals surface area (Å²) in [6.45, 7) is 0. The van der Waals surface area contributed by atoms with Gasteiger partial charge in [-0.3, -0.25) is 0 Å². The summed E-state index contributed by atoms with van der Waals surface area (Å²) in [6, 6.07) is 11.8. The summed E-state index contributed by atoms with van der Waals surface area (Å²) >= 11 is 0. The van der Waals surface area contributed by atoms with Crippen molar-refractivity contribution >= 4 is 7.69 Å². The molecule has 0 fully saturated rings. The maximum absolute atomic E-state index is 8.27. The van der Waals surface area contributed by atoms with Gasteiger partial charge in [0.25, 0.3) is 0 Å². The number of rotatable bonds is 1. The van der Waals surface area contributed by atoms with Crippen LogP contribution in [0.2, 0.25) is 0 Å². The second-order valence-corrected chi connectivity index (χ2v) is 1.94. The fraction of sp³-hybridized carbons (Fsp3) is 0.125. The normalized spacial score (nSPS) is 7.42. The molecule has 0 spiro atoms. The summed E-state index contributed by atoms with van der Waals surface area (Å²) in [7, 11) is 0. The van der Waals surface area contributed by atoms with Gasteiger partial charge in [0, 0.05) is 0 Å². The van der Waals surface area contributed by atoms with Gasteiger partial charge in [-0.25, -0.2) is 0 Å². The number of nitriles is 1. The van der Waals surface area contributed by atoms with E-state index in [-0.39, 0.29) is 7.69 Å². The summed E-state index contributed by atoms with van der Waals surface area (Å²) in [4.78, 5) is 0. The van der Waals surface area contributed by atoms with Crippen LogP contribution in [0.4, 0.5) is 0 Å². The minimum Gasteiger partial charge on any atom is -0.429 e. The fourth-order valence-corrected chi connectivity index (χ4v) is 0.687. The highest BCUT2D eigenvalue weighted by Gasteiger charge is 1.84. The van der Waals surface area contributed by atoms with Crippen molar-refractivity contribution in [3.63, 3.8) is 0 Å². The fourth-order valence-electron chi connectivity index (χ4n) is 0.687. The van der Waals surface area contributed by atoms with Crippen LogP contribution in [0, 0.1) is 11.3 Å². The maximum atomic E-state index is 8.27. The molecule has 0 saturated heterocycles. The Kier molecular flexibility index (Phi) is 6.95. The molecule has 1 rings (SSSR count). The quantitative estimate of drug-likeness (QED) is 0.582. The van der Waals surface area contributed by atoms with E-state index in [0.29, 0.717) is 6.42 Å². The van der Waals surface area contributed by atoms with Crippen LogP contribution >= 0.6 is 0 Å². The van der Waals surface area contributed by atoms with Gasteiger partial charge in [0.1, 0.15) is 0 Å². The minimum absolute atomic E-state index is 0. The third kappa shape index (κ3) is 5.48. The van der Waals surface area contributed by atoms with Crippen molar-refractivity contribution in [2.75, 3.05) is 0 Å². The van der Waals surface area contributed by atoms with Crippen LogP contribution in [0.5, 0.6) is 0 Å². The highest BCUT2D eigenvalue weighted by molar-refractivity contribution is 6.13. The van der Waals surface area contributed by atoms with Gasteiger partial charge in [-0.15, -0.1) is 0 Å². The summed E-state index contributed by atoms with van der Waals surface area (Å²) in [5.41, 5.74) is 1.08. The Morgan fingerprint density at radius 2 is 1.75 bits per heavy atom. The molecule has 0 bridgehead atoms. The van der Waals surface area contributed by atoms with Crippen LogP contribution in [0.15, 0.2) is 30.3 Å². The average Bonchev–Trinajstić information content (AvgIpc) is 2.08. The Morgan fingerprint density at radius 1 is 1.25 bits per heavy atom. The summed E-state index contributed by atoms with van der Waals surface area (Å²) in [6.07, 6.45) is 0.515. The first-order valence-electron chi connectivity index (χ1n) is 3.36. The van der Waals surface area contributed by atoms with Gasteiger partial charge in [-0.05, 0) is 5.56 Å². The Balaban J connectivity index is 0.000000354. The molecule has 0 aliphatic heterocycles. The number of hydrogen-bond acceptors (Lipinski definition) is 3. The molecule has 12 heavy (non-hydrogen) atoms. The lowest BCUT2D eigenvalue weighted by Gasteiger charge is -1.88. The Labute approximate surface area is 72.2 Å². The first kappa shape index (κ1) is 10.7. The lowest BCUT2D eigenvalue weighted by Crippen LogP contribution is -1.76. The molecule has 61 valence electrons. The van der Waals surface area contributed by atoms with E-state index in [2.05, 4.69) is 6.07 Å². The van der Waals surface area contributed by atoms with Gasteiger partial charge in [0.15, 0.2) is 0 Å². The zero-order valence-corrected chi connectivity index (χ0v) is 6.51. The molecule has 0 unspecified atom stereocenters. The van der Waals surface area contributed by atoms with E-state index in [1.807, 2.05) is 30.3 Å². The highest BCUT2D eigenvalue weighted by Crippen LogP contribution is 1.96. The van der Waals surface area contributed by atoms with Gasteiger partial charge >= 0.3 is 7.69 Å². The highest BCUT2D eigenvalue weighted by atomic mass is 16.4. The second kappa shape index (κ2) is 7.80. The molecule has 0 heterocycles. The van der Waals surface area contributed by atoms with E-state index < -0.39 is 0 Å². The van der Waals surface area contributed by atoms with Crippen LogP contribution in [0.25, 0.3) is 0 Å². The van der Waals surface area contributed by atoms with E-state index in [4.69, 9.17) is 15.3 Å². The third-order valence-corrected chi connectivity index (χ3v) is 1.13. The summed E-state index contributed by atoms with van der Waals surface area (Å²) < 4.78 is 0. The molecule has 0 saturated carbocycles. The monoisotopic (exact) mass is 162 g/mol. The van der Waals surface area contributed by atoms with Gasteiger partial charge in [-0.1, -0.05) is 30.3 Å². The summed E-state index contributed by atoms with van der Waals surface area (Å²) in [5.74, 6) is 0. The molecule has 0 aromatic heterocycles. The Bertz CT molecular complexity index is 233. The number of nitrogens with zero attached hydrogens (tertiary/aromatic N) is 1. The van der Waals surface area contributed by atoms with Gasteiger partial charge < -0.3 is 10.0 Å². The van der Waals surface area contributed by atoms with E-state index in [1.165, 1.54) is 0 Å². The molecule has 3 nitrogen and oxygen atoms in total. The largest absolute Gasteiger partial charge is 0.482 e. The van der Waals surface area contributed by atoms with Crippen molar-refractivity contribution in [1.29, 1.82) is 5.26 Å². The number of benzene rings is 1. The lowest BCUT2D eigenvalue weighted by molar-refractivity contribution is 0.448.